The number of rotatable bonds is 6. The normalized spacial score (nSPS) is 14.8. The van der Waals surface area contributed by atoms with E-state index >= 15 is 0 Å². The van der Waals surface area contributed by atoms with Crippen molar-refractivity contribution in [3.63, 3.8) is 0 Å². The van der Waals surface area contributed by atoms with E-state index in [-0.39, 0.29) is 23.6 Å². The number of aromatic nitrogens is 1. The summed E-state index contributed by atoms with van der Waals surface area (Å²) in [6.45, 7) is 4.86. The second-order valence-corrected chi connectivity index (χ2v) is 8.08. The summed E-state index contributed by atoms with van der Waals surface area (Å²) < 4.78 is 23.8. The van der Waals surface area contributed by atoms with Crippen molar-refractivity contribution in [3.05, 3.63) is 39.6 Å². The molecule has 23 heavy (non-hydrogen) atoms. The molecule has 0 spiro atoms. The number of aliphatic hydroxyl groups is 1. The third-order valence-electron chi connectivity index (χ3n) is 4.12. The first-order chi connectivity index (χ1) is 10.6. The molecule has 1 atom stereocenters. The first-order valence-corrected chi connectivity index (χ1v) is 9.15. The van der Waals surface area contributed by atoms with Crippen molar-refractivity contribution in [1.82, 2.24) is 4.98 Å². The van der Waals surface area contributed by atoms with E-state index in [1.807, 2.05) is 0 Å². The first-order valence-electron chi connectivity index (χ1n) is 7.33. The van der Waals surface area contributed by atoms with E-state index in [0.29, 0.717) is 22.2 Å². The highest BCUT2D eigenvalue weighted by Crippen LogP contribution is 2.32. The number of aromatic amines is 1. The molecule has 7 nitrogen and oxygen atoms in total. The Morgan fingerprint density at radius 3 is 2.48 bits per heavy atom. The molecule has 0 amide bonds. The van der Waals surface area contributed by atoms with Crippen LogP contribution in [0.1, 0.15) is 31.5 Å². The van der Waals surface area contributed by atoms with Crippen LogP contribution in [0.2, 0.25) is 0 Å². The maximum Gasteiger partial charge on any atom is 0.273 e. The molecule has 2 rings (SSSR count). The molecule has 2 aromatic rings. The highest BCUT2D eigenvalue weighted by molar-refractivity contribution is 7.91. The molecule has 0 bridgehead atoms. The van der Waals surface area contributed by atoms with Crippen molar-refractivity contribution >= 4 is 26.4 Å². The smallest absolute Gasteiger partial charge is 0.273 e. The van der Waals surface area contributed by atoms with Crippen LogP contribution in [0, 0.1) is 17.0 Å². The predicted molar refractivity (Wildman–Crippen MR) is 88.2 cm³/mol. The zero-order valence-corrected chi connectivity index (χ0v) is 14.1. The lowest BCUT2D eigenvalue weighted by Crippen LogP contribution is -2.35. The predicted octanol–water partition coefficient (Wildman–Crippen LogP) is 2.42. The van der Waals surface area contributed by atoms with Crippen LogP contribution in [-0.4, -0.2) is 34.9 Å². The molecule has 1 unspecified atom stereocenters. The average Bonchev–Trinajstić information content (AvgIpc) is 2.89. The summed E-state index contributed by atoms with van der Waals surface area (Å²) in [5.41, 5.74) is -0.0755. The lowest BCUT2D eigenvalue weighted by atomic mass is 9.99. The number of fused-ring (bicyclic) bond motifs is 1. The van der Waals surface area contributed by atoms with Crippen LogP contribution in [0.25, 0.3) is 10.9 Å². The van der Waals surface area contributed by atoms with Gasteiger partial charge in [0.1, 0.15) is 5.60 Å². The van der Waals surface area contributed by atoms with Gasteiger partial charge in [-0.25, -0.2) is 8.42 Å². The van der Waals surface area contributed by atoms with Crippen molar-refractivity contribution < 1.29 is 18.4 Å². The van der Waals surface area contributed by atoms with E-state index in [9.17, 15) is 23.6 Å². The Balaban J connectivity index is 2.56. The zero-order valence-electron chi connectivity index (χ0n) is 13.3. The Morgan fingerprint density at radius 1 is 1.30 bits per heavy atom. The van der Waals surface area contributed by atoms with Gasteiger partial charge in [0.25, 0.3) is 5.69 Å². The monoisotopic (exact) mass is 340 g/mol. The molecule has 126 valence electrons. The second-order valence-electron chi connectivity index (χ2n) is 5.73. The Bertz CT molecular complexity index is 856. The van der Waals surface area contributed by atoms with Crippen molar-refractivity contribution in [1.29, 1.82) is 0 Å². The minimum absolute atomic E-state index is 0.00994. The van der Waals surface area contributed by atoms with Crippen molar-refractivity contribution in [3.8, 4) is 0 Å². The van der Waals surface area contributed by atoms with Crippen LogP contribution in [-0.2, 0) is 15.4 Å². The van der Waals surface area contributed by atoms with Gasteiger partial charge >= 0.3 is 0 Å². The fourth-order valence-electron chi connectivity index (χ4n) is 2.56. The van der Waals surface area contributed by atoms with Crippen LogP contribution in [0.15, 0.2) is 18.2 Å². The number of H-pyrrole nitrogens is 1. The molecule has 1 aromatic carbocycles. The molecular formula is C15H20N2O5S. The molecule has 0 radical (unpaired) electrons. The summed E-state index contributed by atoms with van der Waals surface area (Å²) in [6.07, 6.45) is 0.208. The van der Waals surface area contributed by atoms with Gasteiger partial charge in [0.2, 0.25) is 0 Å². The maximum atomic E-state index is 11.9. The van der Waals surface area contributed by atoms with Gasteiger partial charge in [-0.05, 0) is 25.5 Å². The topological polar surface area (TPSA) is 113 Å². The van der Waals surface area contributed by atoms with Crippen molar-refractivity contribution in [2.75, 3.05) is 11.5 Å². The fraction of sp³-hybridized carbons (Fsp3) is 0.467. The molecule has 0 saturated heterocycles. The summed E-state index contributed by atoms with van der Waals surface area (Å²) >= 11 is 0. The highest BCUT2D eigenvalue weighted by atomic mass is 32.2. The van der Waals surface area contributed by atoms with E-state index < -0.39 is 20.4 Å². The Morgan fingerprint density at radius 2 is 1.96 bits per heavy atom. The Hall–Kier alpha value is -1.93. The first kappa shape index (κ1) is 17.4. The summed E-state index contributed by atoms with van der Waals surface area (Å²) in [6, 6.07) is 4.63. The lowest BCUT2D eigenvalue weighted by Gasteiger charge is -2.25. The molecule has 8 heteroatoms. The Kier molecular flexibility index (Phi) is 4.50. The molecule has 2 N–H and O–H groups in total. The third-order valence-corrected chi connectivity index (χ3v) is 5.92. The summed E-state index contributed by atoms with van der Waals surface area (Å²) in [5.74, 6) is -0.443. The van der Waals surface area contributed by atoms with Gasteiger partial charge in [0, 0.05) is 34.0 Å². The lowest BCUT2D eigenvalue weighted by molar-refractivity contribution is -0.385. The van der Waals surface area contributed by atoms with Crippen LogP contribution in [0.5, 0.6) is 0 Å². The van der Waals surface area contributed by atoms with Gasteiger partial charge < -0.3 is 10.1 Å². The quantitative estimate of drug-likeness (QED) is 0.619. The molecule has 1 aromatic heterocycles. The summed E-state index contributed by atoms with van der Waals surface area (Å²) in [4.78, 5) is 13.6. The van der Waals surface area contributed by atoms with E-state index in [4.69, 9.17) is 0 Å². The van der Waals surface area contributed by atoms with Crippen LogP contribution >= 0.6 is 0 Å². The van der Waals surface area contributed by atoms with Gasteiger partial charge in [-0.15, -0.1) is 0 Å². The molecule has 0 aliphatic carbocycles. The Labute approximate surface area is 134 Å². The van der Waals surface area contributed by atoms with Crippen molar-refractivity contribution in [2.45, 2.75) is 32.8 Å². The summed E-state index contributed by atoms with van der Waals surface area (Å²) in [5, 5.41) is 22.3. The number of hydrogen-bond donors (Lipinski definition) is 2. The molecule has 0 aliphatic heterocycles. The van der Waals surface area contributed by atoms with E-state index in [0.717, 1.165) is 0 Å². The number of hydrogen-bond acceptors (Lipinski definition) is 5. The molecular weight excluding hydrogens is 320 g/mol. The minimum Gasteiger partial charge on any atom is -0.383 e. The van der Waals surface area contributed by atoms with Gasteiger partial charge in [-0.2, -0.15) is 0 Å². The number of aryl methyl sites for hydroxylation is 1. The molecule has 0 fully saturated rings. The largest absolute Gasteiger partial charge is 0.383 e. The van der Waals surface area contributed by atoms with E-state index in [1.54, 1.807) is 26.0 Å². The van der Waals surface area contributed by atoms with Gasteiger partial charge in [-0.1, -0.05) is 13.8 Å². The number of nitrogens with zero attached hydrogens (tertiary/aromatic N) is 1. The minimum atomic E-state index is -3.38. The van der Waals surface area contributed by atoms with Gasteiger partial charge in [-0.3, -0.25) is 10.1 Å². The van der Waals surface area contributed by atoms with E-state index in [1.165, 1.54) is 13.0 Å². The zero-order chi connectivity index (χ0) is 17.4. The van der Waals surface area contributed by atoms with Crippen LogP contribution in [0.3, 0.4) is 0 Å². The van der Waals surface area contributed by atoms with Gasteiger partial charge in [0.05, 0.1) is 10.7 Å². The standard InChI is InChI=1S/C15H20N2O5S/c1-4-15(18,9-23(21,22)5-2)14-8-11-7-13(17(19)20)10(3)6-12(11)16-14/h6-8,16,18H,4-5,9H2,1-3H3. The number of nitro benzene ring substituents is 1. The molecule has 1 heterocycles. The average molecular weight is 340 g/mol. The second kappa shape index (κ2) is 5.93. The molecule has 0 saturated carbocycles. The van der Waals surface area contributed by atoms with Crippen molar-refractivity contribution in [2.24, 2.45) is 0 Å². The number of nitrogens with one attached hydrogen (secondary N) is 1. The maximum absolute atomic E-state index is 11.9. The SMILES string of the molecule is CCC(O)(CS(=O)(=O)CC)c1cc2cc([N+](=O)[O-])c(C)cc2[nH]1. The number of nitro groups is 1. The number of sulfone groups is 1. The van der Waals surface area contributed by atoms with Gasteiger partial charge in [0.15, 0.2) is 9.84 Å². The third kappa shape index (κ3) is 3.37. The van der Waals surface area contributed by atoms with Crippen LogP contribution in [0.4, 0.5) is 5.69 Å². The number of benzene rings is 1. The fourth-order valence-corrected chi connectivity index (χ4v) is 3.85. The summed E-state index contributed by atoms with van der Waals surface area (Å²) in [7, 11) is -3.38. The van der Waals surface area contributed by atoms with Crippen LogP contribution < -0.4 is 0 Å². The van der Waals surface area contributed by atoms with E-state index in [2.05, 4.69) is 4.98 Å². The molecule has 0 aliphatic rings. The highest BCUT2D eigenvalue weighted by Gasteiger charge is 2.34.